The zero-order chi connectivity index (χ0) is 19.3. The number of halogens is 1. The molecule has 2 atom stereocenters. The van der Waals surface area contributed by atoms with Gasteiger partial charge in [-0.05, 0) is 12.1 Å². The van der Waals surface area contributed by atoms with Gasteiger partial charge in [0, 0.05) is 5.75 Å². The summed E-state index contributed by atoms with van der Waals surface area (Å²) in [6.45, 7) is -0.152. The fourth-order valence-corrected chi connectivity index (χ4v) is 2.93. The largest absolute Gasteiger partial charge is 0.507 e. The zero-order valence-electron chi connectivity index (χ0n) is 13.3. The molecule has 11 heteroatoms. The van der Waals surface area contributed by atoms with Crippen LogP contribution in [0.3, 0.4) is 0 Å². The number of nitrogens with two attached hydrogens (primary N) is 1. The second-order valence-corrected chi connectivity index (χ2v) is 6.21. The highest BCUT2D eigenvalue weighted by molar-refractivity contribution is 8.00. The normalized spacial score (nSPS) is 18.8. The van der Waals surface area contributed by atoms with E-state index in [0.717, 1.165) is 10.8 Å². The summed E-state index contributed by atoms with van der Waals surface area (Å²) >= 11 is 1.35. The first-order valence-electron chi connectivity index (χ1n) is 7.26. The van der Waals surface area contributed by atoms with Crippen LogP contribution in [0.25, 0.3) is 0 Å². The van der Waals surface area contributed by atoms with Crippen LogP contribution in [0.15, 0.2) is 35.3 Å². The van der Waals surface area contributed by atoms with E-state index < -0.39 is 35.0 Å². The number of aliphatic hydroxyl groups is 1. The Balaban J connectivity index is 0.000000209. The van der Waals surface area contributed by atoms with Gasteiger partial charge in [0.25, 0.3) is 0 Å². The molecule has 9 nitrogen and oxygen atoms in total. The molecule has 1 aromatic heterocycles. The minimum absolute atomic E-state index is 0.0671. The van der Waals surface area contributed by atoms with E-state index in [-0.39, 0.29) is 17.9 Å². The molecular weight excluding hydrogens is 369 g/mol. The van der Waals surface area contributed by atoms with Crippen molar-refractivity contribution in [1.29, 1.82) is 0 Å². The van der Waals surface area contributed by atoms with Crippen LogP contribution in [0.1, 0.15) is 16.6 Å². The fraction of sp³-hybridized carbons (Fsp3) is 0.267. The van der Waals surface area contributed by atoms with Gasteiger partial charge in [0.15, 0.2) is 11.6 Å². The number of aromatic hydroxyl groups is 1. The minimum Gasteiger partial charge on any atom is -0.507 e. The molecule has 1 aliphatic heterocycles. The van der Waals surface area contributed by atoms with Gasteiger partial charge in [-0.2, -0.15) is 4.98 Å². The molecule has 140 valence electrons. The lowest BCUT2D eigenvalue weighted by Gasteiger charge is -2.13. The van der Waals surface area contributed by atoms with E-state index in [9.17, 15) is 14.0 Å². The lowest BCUT2D eigenvalue weighted by molar-refractivity contribution is -0.00677. The molecule has 0 bridgehead atoms. The highest BCUT2D eigenvalue weighted by Crippen LogP contribution is 2.30. The first-order chi connectivity index (χ1) is 12.3. The van der Waals surface area contributed by atoms with E-state index in [4.69, 9.17) is 25.8 Å². The summed E-state index contributed by atoms with van der Waals surface area (Å²) in [5.74, 6) is -2.05. The number of carboxylic acids is 1. The van der Waals surface area contributed by atoms with E-state index in [1.807, 2.05) is 0 Å². The van der Waals surface area contributed by atoms with Crippen LogP contribution in [-0.4, -0.2) is 48.6 Å². The number of hydrogen-bond acceptors (Lipinski definition) is 8. The Kier molecular flexibility index (Phi) is 6.55. The summed E-state index contributed by atoms with van der Waals surface area (Å²) in [6.07, 6.45) is 0.354. The molecule has 1 aliphatic rings. The van der Waals surface area contributed by atoms with Crippen molar-refractivity contribution in [2.45, 2.75) is 11.7 Å². The van der Waals surface area contributed by atoms with Crippen molar-refractivity contribution >= 4 is 23.5 Å². The number of para-hydroxylation sites is 1. The molecule has 26 heavy (non-hydrogen) atoms. The predicted molar refractivity (Wildman–Crippen MR) is 91.4 cm³/mol. The SMILES string of the molecule is Nc1nc(=O)n([C@@H]2CS[C@H](CO)O2)cc1F.O=C(O)c1ccccc1O. The number of aliphatic hydroxyl groups excluding tert-OH is 1. The lowest BCUT2D eigenvalue weighted by Crippen LogP contribution is -2.29. The van der Waals surface area contributed by atoms with E-state index in [0.29, 0.717) is 5.75 Å². The molecule has 1 saturated heterocycles. The Morgan fingerprint density at radius 2 is 2.15 bits per heavy atom. The smallest absolute Gasteiger partial charge is 0.351 e. The predicted octanol–water partition coefficient (Wildman–Crippen LogP) is 0.635. The lowest BCUT2D eigenvalue weighted by atomic mass is 10.2. The maximum absolute atomic E-state index is 13.1. The molecule has 5 N–H and O–H groups in total. The second kappa shape index (κ2) is 8.65. The molecule has 3 rings (SSSR count). The van der Waals surface area contributed by atoms with E-state index in [2.05, 4.69) is 4.98 Å². The minimum atomic E-state index is -1.11. The summed E-state index contributed by atoms with van der Waals surface area (Å²) < 4.78 is 19.5. The Bertz CT molecular complexity index is 846. The van der Waals surface area contributed by atoms with Gasteiger partial charge < -0.3 is 25.8 Å². The third-order valence-corrected chi connectivity index (χ3v) is 4.37. The number of carbonyl (C=O) groups is 1. The quantitative estimate of drug-likeness (QED) is 0.597. The van der Waals surface area contributed by atoms with Crippen LogP contribution in [0.4, 0.5) is 10.2 Å². The average molecular weight is 385 g/mol. The number of carboxylic acid groups (broad SMARTS) is 1. The van der Waals surface area contributed by atoms with Crippen LogP contribution in [-0.2, 0) is 4.74 Å². The van der Waals surface area contributed by atoms with E-state index >= 15 is 0 Å². The third-order valence-electron chi connectivity index (χ3n) is 3.26. The number of anilines is 1. The topological polar surface area (TPSA) is 148 Å². The van der Waals surface area contributed by atoms with E-state index in [1.165, 1.54) is 23.9 Å². The Hall–Kier alpha value is -2.63. The van der Waals surface area contributed by atoms with Crippen molar-refractivity contribution in [3.05, 3.63) is 52.3 Å². The van der Waals surface area contributed by atoms with Gasteiger partial charge in [0.2, 0.25) is 0 Å². The number of rotatable bonds is 3. The number of benzene rings is 1. The van der Waals surface area contributed by atoms with Crippen LogP contribution in [0.2, 0.25) is 0 Å². The first kappa shape index (κ1) is 19.7. The summed E-state index contributed by atoms with van der Waals surface area (Å²) in [7, 11) is 0. The maximum Gasteiger partial charge on any atom is 0.351 e. The monoisotopic (exact) mass is 385 g/mol. The van der Waals surface area contributed by atoms with Crippen LogP contribution in [0, 0.1) is 5.82 Å². The van der Waals surface area contributed by atoms with Crippen LogP contribution in [0.5, 0.6) is 5.75 Å². The third kappa shape index (κ3) is 4.71. The van der Waals surface area contributed by atoms with Crippen molar-refractivity contribution in [3.63, 3.8) is 0 Å². The van der Waals surface area contributed by atoms with Gasteiger partial charge in [0.1, 0.15) is 23.0 Å². The van der Waals surface area contributed by atoms with Crippen LogP contribution < -0.4 is 11.4 Å². The summed E-state index contributed by atoms with van der Waals surface area (Å²) in [4.78, 5) is 25.0. The van der Waals surface area contributed by atoms with Crippen molar-refractivity contribution in [1.82, 2.24) is 9.55 Å². The molecule has 0 aliphatic carbocycles. The van der Waals surface area contributed by atoms with Crippen molar-refractivity contribution in [2.24, 2.45) is 0 Å². The molecule has 1 aromatic carbocycles. The summed E-state index contributed by atoms with van der Waals surface area (Å²) in [5.41, 5.74) is 4.03. The molecule has 0 amide bonds. The fourth-order valence-electron chi connectivity index (χ4n) is 2.00. The zero-order valence-corrected chi connectivity index (χ0v) is 14.1. The van der Waals surface area contributed by atoms with Gasteiger partial charge >= 0.3 is 11.7 Å². The van der Waals surface area contributed by atoms with Gasteiger partial charge in [-0.1, -0.05) is 12.1 Å². The number of aromatic nitrogens is 2. The standard InChI is InChI=1S/C8H10FN3O3S.C7H6O3/c9-4-1-12(8(14)11-7(4)10)5-3-16-6(2-13)15-5;8-6-4-2-1-3-5(6)7(9)10/h1,5-6,13H,2-3H2,(H2,10,11,14);1-4,8H,(H,9,10)/t5-,6+;/m0./s1. The van der Waals surface area contributed by atoms with Crippen molar-refractivity contribution in [2.75, 3.05) is 18.1 Å². The molecule has 0 radical (unpaired) electrons. The number of thioether (sulfide) groups is 1. The maximum atomic E-state index is 13.1. The molecule has 0 spiro atoms. The Morgan fingerprint density at radius 1 is 1.46 bits per heavy atom. The highest BCUT2D eigenvalue weighted by atomic mass is 32.2. The van der Waals surface area contributed by atoms with Gasteiger partial charge in [0.05, 0.1) is 12.8 Å². The highest BCUT2D eigenvalue weighted by Gasteiger charge is 2.28. The molecule has 1 fully saturated rings. The number of hydrogen-bond donors (Lipinski definition) is 4. The Labute approximate surface area is 150 Å². The second-order valence-electron chi connectivity index (χ2n) is 5.02. The van der Waals surface area contributed by atoms with Crippen molar-refractivity contribution < 1.29 is 29.2 Å². The van der Waals surface area contributed by atoms with E-state index in [1.54, 1.807) is 12.1 Å². The van der Waals surface area contributed by atoms with Gasteiger partial charge in [-0.25, -0.2) is 14.0 Å². The summed E-state index contributed by atoms with van der Waals surface area (Å²) in [6, 6.07) is 5.81. The number of phenols is 1. The number of ether oxygens (including phenoxy) is 1. The van der Waals surface area contributed by atoms with Gasteiger partial charge in [-0.3, -0.25) is 4.57 Å². The van der Waals surface area contributed by atoms with Crippen LogP contribution >= 0.6 is 11.8 Å². The molecular formula is C15H16FN3O6S. The summed E-state index contributed by atoms with van der Waals surface area (Å²) in [5, 5.41) is 26.2. The number of aromatic carboxylic acids is 1. The Morgan fingerprint density at radius 3 is 2.69 bits per heavy atom. The van der Waals surface area contributed by atoms with Gasteiger partial charge in [-0.15, -0.1) is 11.8 Å². The molecule has 0 unspecified atom stereocenters. The average Bonchev–Trinajstić information content (AvgIpc) is 3.08. The number of nitrogen functional groups attached to an aromatic ring is 1. The van der Waals surface area contributed by atoms with Crippen molar-refractivity contribution in [3.8, 4) is 5.75 Å². The first-order valence-corrected chi connectivity index (χ1v) is 8.31. The molecule has 0 saturated carbocycles. The molecule has 2 heterocycles. The number of nitrogens with zero attached hydrogens (tertiary/aromatic N) is 2. The molecule has 2 aromatic rings.